The molecule has 1 unspecified atom stereocenters. The van der Waals surface area contributed by atoms with Crippen LogP contribution in [0.4, 0.5) is 0 Å². The first kappa shape index (κ1) is 15.1. The van der Waals surface area contributed by atoms with E-state index in [0.717, 1.165) is 24.4 Å². The second-order valence-corrected chi connectivity index (χ2v) is 6.68. The van der Waals surface area contributed by atoms with Crippen LogP contribution in [0.1, 0.15) is 12.5 Å². The van der Waals surface area contributed by atoms with Crippen molar-refractivity contribution in [3.05, 3.63) is 29.8 Å². The zero-order valence-corrected chi connectivity index (χ0v) is 13.0. The van der Waals surface area contributed by atoms with Crippen LogP contribution < -0.4 is 10.5 Å². The van der Waals surface area contributed by atoms with Crippen molar-refractivity contribution in [2.24, 2.45) is 5.73 Å². The predicted molar refractivity (Wildman–Crippen MR) is 86.3 cm³/mol. The molecule has 0 saturated carbocycles. The number of thioether (sulfide) groups is 1. The van der Waals surface area contributed by atoms with Gasteiger partial charge in [-0.3, -0.25) is 4.79 Å². The number of nitrogens with two attached hydrogens (primary N) is 1. The maximum Gasteiger partial charge on any atom is 0.260 e. The van der Waals surface area contributed by atoms with Crippen LogP contribution in [-0.2, 0) is 4.79 Å². The molecule has 1 aromatic rings. The summed E-state index contributed by atoms with van der Waals surface area (Å²) in [6.07, 6.45) is 0. The lowest BCUT2D eigenvalue weighted by molar-refractivity contribution is -0.133. The molecule has 0 spiro atoms. The van der Waals surface area contributed by atoms with Gasteiger partial charge in [0, 0.05) is 29.7 Å². The summed E-state index contributed by atoms with van der Waals surface area (Å²) in [5.74, 6) is 1.68. The molecule has 2 rings (SSSR count). The van der Waals surface area contributed by atoms with Crippen molar-refractivity contribution in [3.63, 3.8) is 0 Å². The Morgan fingerprint density at radius 3 is 2.80 bits per heavy atom. The molecular weight excluding hydrogens is 292 g/mol. The molecule has 1 atom stereocenters. The zero-order valence-electron chi connectivity index (χ0n) is 11.4. The second-order valence-electron chi connectivity index (χ2n) is 4.70. The van der Waals surface area contributed by atoms with E-state index in [4.69, 9.17) is 22.7 Å². The van der Waals surface area contributed by atoms with Crippen molar-refractivity contribution >= 4 is 34.9 Å². The molecule has 1 aliphatic rings. The summed E-state index contributed by atoms with van der Waals surface area (Å²) >= 11 is 6.78. The first-order valence-electron chi connectivity index (χ1n) is 6.48. The molecule has 1 saturated heterocycles. The number of rotatable bonds is 4. The Balaban J connectivity index is 1.85. The predicted octanol–water partition coefficient (Wildman–Crippen LogP) is 1.66. The Labute approximate surface area is 128 Å². The van der Waals surface area contributed by atoms with Crippen LogP contribution in [-0.4, -0.2) is 46.5 Å². The molecule has 0 radical (unpaired) electrons. The van der Waals surface area contributed by atoms with E-state index in [1.54, 1.807) is 24.3 Å². The SMILES string of the molecule is CC1CN(C(=O)COc2ccc(C(N)=S)cc2)CCS1. The highest BCUT2D eigenvalue weighted by Crippen LogP contribution is 2.18. The van der Waals surface area contributed by atoms with E-state index >= 15 is 0 Å². The Morgan fingerprint density at radius 2 is 2.20 bits per heavy atom. The zero-order chi connectivity index (χ0) is 14.5. The fourth-order valence-electron chi connectivity index (χ4n) is 2.00. The van der Waals surface area contributed by atoms with Gasteiger partial charge in [0.1, 0.15) is 10.7 Å². The van der Waals surface area contributed by atoms with Crippen molar-refractivity contribution in [2.45, 2.75) is 12.2 Å². The lowest BCUT2D eigenvalue weighted by atomic mass is 10.2. The third kappa shape index (κ3) is 4.11. The number of thiocarbonyl (C=S) groups is 1. The molecule has 1 aromatic carbocycles. The molecule has 0 aliphatic carbocycles. The van der Waals surface area contributed by atoms with Crippen LogP contribution in [0.2, 0.25) is 0 Å². The quantitative estimate of drug-likeness (QED) is 0.857. The maximum absolute atomic E-state index is 12.0. The summed E-state index contributed by atoms with van der Waals surface area (Å²) in [7, 11) is 0. The third-order valence-corrected chi connectivity index (χ3v) is 4.47. The fourth-order valence-corrected chi connectivity index (χ4v) is 3.15. The number of hydrogen-bond donors (Lipinski definition) is 1. The number of carbonyl (C=O) groups excluding carboxylic acids is 1. The van der Waals surface area contributed by atoms with Gasteiger partial charge in [-0.1, -0.05) is 19.1 Å². The number of amides is 1. The average Bonchev–Trinajstić information content (AvgIpc) is 2.45. The molecule has 1 heterocycles. The highest BCUT2D eigenvalue weighted by molar-refractivity contribution is 7.99. The molecule has 2 N–H and O–H groups in total. The molecule has 1 fully saturated rings. The number of benzene rings is 1. The Hall–Kier alpha value is -1.27. The molecule has 1 amide bonds. The van der Waals surface area contributed by atoms with E-state index in [1.807, 2.05) is 16.7 Å². The van der Waals surface area contributed by atoms with Gasteiger partial charge in [-0.2, -0.15) is 11.8 Å². The molecule has 0 aromatic heterocycles. The van der Waals surface area contributed by atoms with Crippen LogP contribution in [0.3, 0.4) is 0 Å². The smallest absolute Gasteiger partial charge is 0.260 e. The molecular formula is C14H18N2O2S2. The van der Waals surface area contributed by atoms with E-state index in [9.17, 15) is 4.79 Å². The Kier molecular flexibility index (Phi) is 5.25. The van der Waals surface area contributed by atoms with Gasteiger partial charge in [-0.25, -0.2) is 0 Å². The van der Waals surface area contributed by atoms with Crippen molar-refractivity contribution in [1.29, 1.82) is 0 Å². The largest absolute Gasteiger partial charge is 0.484 e. The monoisotopic (exact) mass is 310 g/mol. The standard InChI is InChI=1S/C14H18N2O2S2/c1-10-8-16(6-7-20-10)13(17)9-18-12-4-2-11(3-5-12)14(15)19/h2-5,10H,6-9H2,1H3,(H2,15,19). The van der Waals surface area contributed by atoms with Gasteiger partial charge in [0.2, 0.25) is 0 Å². The summed E-state index contributed by atoms with van der Waals surface area (Å²) in [5.41, 5.74) is 6.32. The molecule has 108 valence electrons. The molecule has 20 heavy (non-hydrogen) atoms. The van der Waals surface area contributed by atoms with Crippen LogP contribution in [0.15, 0.2) is 24.3 Å². The first-order chi connectivity index (χ1) is 9.56. The average molecular weight is 310 g/mol. The van der Waals surface area contributed by atoms with Crippen molar-refractivity contribution in [3.8, 4) is 5.75 Å². The second kappa shape index (κ2) is 6.95. The summed E-state index contributed by atoms with van der Waals surface area (Å²) in [4.78, 5) is 14.3. The van der Waals surface area contributed by atoms with Gasteiger partial charge in [0.25, 0.3) is 5.91 Å². The van der Waals surface area contributed by atoms with E-state index in [2.05, 4.69) is 6.92 Å². The van der Waals surface area contributed by atoms with Gasteiger partial charge in [0.15, 0.2) is 6.61 Å². The van der Waals surface area contributed by atoms with E-state index in [-0.39, 0.29) is 12.5 Å². The van der Waals surface area contributed by atoms with Gasteiger partial charge < -0.3 is 15.4 Å². The minimum atomic E-state index is 0.0376. The normalized spacial score (nSPS) is 18.6. The minimum absolute atomic E-state index is 0.0376. The fraction of sp³-hybridized carbons (Fsp3) is 0.429. The highest BCUT2D eigenvalue weighted by atomic mass is 32.2. The van der Waals surface area contributed by atoms with Crippen molar-refractivity contribution < 1.29 is 9.53 Å². The number of ether oxygens (including phenoxy) is 1. The highest BCUT2D eigenvalue weighted by Gasteiger charge is 2.21. The molecule has 1 aliphatic heterocycles. The van der Waals surface area contributed by atoms with Crippen LogP contribution in [0.25, 0.3) is 0 Å². The minimum Gasteiger partial charge on any atom is -0.484 e. The van der Waals surface area contributed by atoms with Gasteiger partial charge in [0.05, 0.1) is 0 Å². The lowest BCUT2D eigenvalue weighted by Gasteiger charge is -2.30. The summed E-state index contributed by atoms with van der Waals surface area (Å²) < 4.78 is 5.51. The van der Waals surface area contributed by atoms with Crippen LogP contribution >= 0.6 is 24.0 Å². The van der Waals surface area contributed by atoms with Crippen molar-refractivity contribution in [1.82, 2.24) is 4.90 Å². The Bertz CT molecular complexity index is 490. The van der Waals surface area contributed by atoms with Gasteiger partial charge >= 0.3 is 0 Å². The molecule has 0 bridgehead atoms. The number of nitrogens with zero attached hydrogens (tertiary/aromatic N) is 1. The summed E-state index contributed by atoms with van der Waals surface area (Å²) in [6, 6.07) is 7.14. The Morgan fingerprint density at radius 1 is 1.50 bits per heavy atom. The van der Waals surface area contributed by atoms with E-state index in [0.29, 0.717) is 16.0 Å². The summed E-state index contributed by atoms with van der Waals surface area (Å²) in [5, 5.41) is 0.498. The topological polar surface area (TPSA) is 55.6 Å². The van der Waals surface area contributed by atoms with Gasteiger partial charge in [-0.15, -0.1) is 0 Å². The van der Waals surface area contributed by atoms with Crippen molar-refractivity contribution in [2.75, 3.05) is 25.4 Å². The van der Waals surface area contributed by atoms with Crippen LogP contribution in [0.5, 0.6) is 5.75 Å². The van der Waals surface area contributed by atoms with Crippen LogP contribution in [0, 0.1) is 0 Å². The maximum atomic E-state index is 12.0. The summed E-state index contributed by atoms with van der Waals surface area (Å²) in [6.45, 7) is 3.81. The molecule has 6 heteroatoms. The molecule has 4 nitrogen and oxygen atoms in total. The van der Waals surface area contributed by atoms with Gasteiger partial charge in [-0.05, 0) is 24.3 Å². The third-order valence-electron chi connectivity index (χ3n) is 3.09. The first-order valence-corrected chi connectivity index (χ1v) is 7.94. The lowest BCUT2D eigenvalue weighted by Crippen LogP contribution is -2.43. The number of carbonyl (C=O) groups is 1. The number of hydrogen-bond acceptors (Lipinski definition) is 4. The van der Waals surface area contributed by atoms with E-state index < -0.39 is 0 Å². The van der Waals surface area contributed by atoms with E-state index in [1.165, 1.54) is 0 Å².